The zero-order chi connectivity index (χ0) is 13.7. The zero-order valence-electron chi connectivity index (χ0n) is 11.9. The number of ether oxygens (including phenoxy) is 1. The van der Waals surface area contributed by atoms with E-state index in [0.29, 0.717) is 6.42 Å². The summed E-state index contributed by atoms with van der Waals surface area (Å²) in [7, 11) is 0. The summed E-state index contributed by atoms with van der Waals surface area (Å²) < 4.78 is 5.36. The maximum absolute atomic E-state index is 12.1. The molecule has 2 heterocycles. The highest BCUT2D eigenvalue weighted by Gasteiger charge is 2.15. The minimum atomic E-state index is 0.273. The van der Waals surface area contributed by atoms with Crippen LogP contribution in [0.15, 0.2) is 0 Å². The average Bonchev–Trinajstić information content (AvgIpc) is 2.75. The highest BCUT2D eigenvalue weighted by Crippen LogP contribution is 2.23. The summed E-state index contributed by atoms with van der Waals surface area (Å²) in [5.41, 5.74) is 0.900. The Morgan fingerprint density at radius 2 is 2.05 bits per heavy atom. The molecule has 0 saturated carbocycles. The van der Waals surface area contributed by atoms with Crippen molar-refractivity contribution in [3.8, 4) is 0 Å². The van der Waals surface area contributed by atoms with Crippen LogP contribution < -0.4 is 0 Å². The van der Waals surface area contributed by atoms with E-state index >= 15 is 0 Å². The van der Waals surface area contributed by atoms with Gasteiger partial charge in [0.15, 0.2) is 5.78 Å². The molecule has 2 rings (SSSR count). The first kappa shape index (κ1) is 14.7. The topological polar surface area (TPSA) is 39.2 Å². The highest BCUT2D eigenvalue weighted by atomic mass is 32.1. The van der Waals surface area contributed by atoms with Gasteiger partial charge in [-0.25, -0.2) is 4.98 Å². The van der Waals surface area contributed by atoms with E-state index in [2.05, 4.69) is 4.98 Å². The lowest BCUT2D eigenvalue weighted by Crippen LogP contribution is -2.15. The molecule has 1 aromatic rings. The molecule has 0 amide bonds. The van der Waals surface area contributed by atoms with Gasteiger partial charge < -0.3 is 4.74 Å². The number of carbonyl (C=O) groups excluding carboxylic acids is 1. The lowest BCUT2D eigenvalue weighted by atomic mass is 9.93. The Morgan fingerprint density at radius 1 is 1.32 bits per heavy atom. The molecule has 0 aromatic carbocycles. The number of nitrogens with zero attached hydrogens (tertiary/aromatic N) is 1. The number of unbranched alkanes of at least 4 members (excludes halogenated alkanes) is 1. The largest absolute Gasteiger partial charge is 0.381 e. The summed E-state index contributed by atoms with van der Waals surface area (Å²) >= 11 is 1.53. The molecule has 0 radical (unpaired) electrons. The molecule has 106 valence electrons. The predicted molar refractivity (Wildman–Crippen MR) is 77.9 cm³/mol. The molecule has 0 unspecified atom stereocenters. The van der Waals surface area contributed by atoms with Crippen LogP contribution in [0.1, 0.15) is 58.9 Å². The summed E-state index contributed by atoms with van der Waals surface area (Å²) in [5, 5.41) is 0.989. The van der Waals surface area contributed by atoms with Gasteiger partial charge >= 0.3 is 0 Å². The summed E-state index contributed by atoms with van der Waals surface area (Å²) in [6, 6.07) is 0. The molecule has 0 atom stereocenters. The lowest BCUT2D eigenvalue weighted by Gasteiger charge is -2.21. The molecule has 1 aromatic heterocycles. The van der Waals surface area contributed by atoms with Crippen molar-refractivity contribution in [2.45, 2.75) is 52.4 Å². The van der Waals surface area contributed by atoms with Crippen LogP contribution in [-0.4, -0.2) is 24.0 Å². The van der Waals surface area contributed by atoms with Crippen LogP contribution in [0.25, 0.3) is 0 Å². The molecule has 0 spiro atoms. The monoisotopic (exact) mass is 281 g/mol. The predicted octanol–water partition coefficient (Wildman–Crippen LogP) is 3.93. The number of hydrogen-bond donors (Lipinski definition) is 0. The van der Waals surface area contributed by atoms with E-state index in [4.69, 9.17) is 4.74 Å². The Labute approximate surface area is 119 Å². The van der Waals surface area contributed by atoms with Crippen molar-refractivity contribution in [2.24, 2.45) is 5.92 Å². The van der Waals surface area contributed by atoms with Crippen LogP contribution >= 0.6 is 11.3 Å². The Hall–Kier alpha value is -0.740. The van der Waals surface area contributed by atoms with E-state index < -0.39 is 0 Å². The van der Waals surface area contributed by atoms with Gasteiger partial charge in [0.05, 0.1) is 15.6 Å². The Morgan fingerprint density at radius 3 is 2.68 bits per heavy atom. The first-order valence-corrected chi connectivity index (χ1v) is 8.03. The third kappa shape index (κ3) is 4.39. The minimum Gasteiger partial charge on any atom is -0.381 e. The number of thiazole rings is 1. The second-order valence-electron chi connectivity index (χ2n) is 5.37. The normalized spacial score (nSPS) is 16.7. The maximum Gasteiger partial charge on any atom is 0.174 e. The van der Waals surface area contributed by atoms with Crippen LogP contribution in [0.4, 0.5) is 0 Å². The fraction of sp³-hybridized carbons (Fsp3) is 0.733. The second-order valence-corrected chi connectivity index (χ2v) is 6.58. The van der Waals surface area contributed by atoms with Crippen LogP contribution in [0.5, 0.6) is 0 Å². The summed E-state index contributed by atoms with van der Waals surface area (Å²) in [6.07, 6.45) is 6.48. The van der Waals surface area contributed by atoms with Crippen molar-refractivity contribution in [3.05, 3.63) is 15.6 Å². The number of aryl methyl sites for hydroxylation is 2. The van der Waals surface area contributed by atoms with Crippen LogP contribution in [0, 0.1) is 19.8 Å². The summed E-state index contributed by atoms with van der Waals surface area (Å²) in [5.74, 6) is 1.09. The smallest absolute Gasteiger partial charge is 0.174 e. The van der Waals surface area contributed by atoms with Crippen LogP contribution in [0.3, 0.4) is 0 Å². The van der Waals surface area contributed by atoms with Gasteiger partial charge in [0.25, 0.3) is 0 Å². The molecule has 3 nitrogen and oxygen atoms in total. The fourth-order valence-electron chi connectivity index (χ4n) is 2.66. The molecule has 1 fully saturated rings. The molecule has 0 aliphatic carbocycles. The number of hydrogen-bond acceptors (Lipinski definition) is 4. The van der Waals surface area contributed by atoms with Crippen molar-refractivity contribution >= 4 is 17.1 Å². The van der Waals surface area contributed by atoms with Gasteiger partial charge in [0.1, 0.15) is 0 Å². The van der Waals surface area contributed by atoms with E-state index in [1.165, 1.54) is 30.6 Å². The van der Waals surface area contributed by atoms with E-state index in [0.717, 1.165) is 47.6 Å². The molecule has 1 aliphatic rings. The first-order chi connectivity index (χ1) is 9.16. The van der Waals surface area contributed by atoms with Gasteiger partial charge in [-0.15, -0.1) is 11.3 Å². The first-order valence-electron chi connectivity index (χ1n) is 7.22. The second kappa shape index (κ2) is 7.15. The molecule has 1 saturated heterocycles. The number of Topliss-reactive ketones (excluding diaryl/α,β-unsaturated/α-hetero) is 1. The zero-order valence-corrected chi connectivity index (χ0v) is 12.7. The van der Waals surface area contributed by atoms with Gasteiger partial charge in [-0.1, -0.05) is 12.8 Å². The standard InChI is InChI=1S/C15H23NO2S/c1-11-15(19-12(2)16-11)14(17)6-4-3-5-13-7-9-18-10-8-13/h13H,3-10H2,1-2H3. The van der Waals surface area contributed by atoms with Crippen LogP contribution in [-0.2, 0) is 4.74 Å². The molecular weight excluding hydrogens is 258 g/mol. The minimum absolute atomic E-state index is 0.273. The maximum atomic E-state index is 12.1. The Bertz CT molecular complexity index is 422. The molecule has 0 N–H and O–H groups in total. The summed E-state index contributed by atoms with van der Waals surface area (Å²) in [4.78, 5) is 17.3. The number of rotatable bonds is 6. The quantitative estimate of drug-likeness (QED) is 0.586. The average molecular weight is 281 g/mol. The number of ketones is 1. The molecular formula is C15H23NO2S. The van der Waals surface area contributed by atoms with Crippen molar-refractivity contribution in [2.75, 3.05) is 13.2 Å². The van der Waals surface area contributed by atoms with Crippen molar-refractivity contribution < 1.29 is 9.53 Å². The van der Waals surface area contributed by atoms with E-state index in [1.54, 1.807) is 0 Å². The van der Waals surface area contributed by atoms with Crippen LogP contribution in [0.2, 0.25) is 0 Å². The molecule has 4 heteroatoms. The van der Waals surface area contributed by atoms with Gasteiger partial charge in [-0.2, -0.15) is 0 Å². The SMILES string of the molecule is Cc1nc(C)c(C(=O)CCCCC2CCOCC2)s1. The van der Waals surface area contributed by atoms with Gasteiger partial charge in [0.2, 0.25) is 0 Å². The van der Waals surface area contributed by atoms with Crippen molar-refractivity contribution in [1.82, 2.24) is 4.98 Å². The molecule has 0 bridgehead atoms. The molecule has 19 heavy (non-hydrogen) atoms. The van der Waals surface area contributed by atoms with Crippen molar-refractivity contribution in [1.29, 1.82) is 0 Å². The lowest BCUT2D eigenvalue weighted by molar-refractivity contribution is 0.0630. The third-order valence-electron chi connectivity index (χ3n) is 3.76. The van der Waals surface area contributed by atoms with Crippen molar-refractivity contribution in [3.63, 3.8) is 0 Å². The Kier molecular flexibility index (Phi) is 5.52. The van der Waals surface area contributed by atoms with E-state index in [9.17, 15) is 4.79 Å². The van der Waals surface area contributed by atoms with E-state index in [-0.39, 0.29) is 5.78 Å². The number of aromatic nitrogens is 1. The Balaban J connectivity index is 1.67. The van der Waals surface area contributed by atoms with Gasteiger partial charge in [0, 0.05) is 19.6 Å². The number of carbonyl (C=O) groups is 1. The summed E-state index contributed by atoms with van der Waals surface area (Å²) in [6.45, 7) is 5.73. The van der Waals surface area contributed by atoms with Gasteiger partial charge in [-0.05, 0) is 39.0 Å². The van der Waals surface area contributed by atoms with Gasteiger partial charge in [-0.3, -0.25) is 4.79 Å². The molecule has 1 aliphatic heterocycles. The fourth-order valence-corrected chi connectivity index (χ4v) is 3.54. The third-order valence-corrected chi connectivity index (χ3v) is 4.88. The highest BCUT2D eigenvalue weighted by molar-refractivity contribution is 7.13. The van der Waals surface area contributed by atoms with E-state index in [1.807, 2.05) is 13.8 Å².